The molecule has 0 saturated heterocycles. The zero-order valence-corrected chi connectivity index (χ0v) is 12.2. The molecule has 1 saturated carbocycles. The summed E-state index contributed by atoms with van der Waals surface area (Å²) < 4.78 is 11.2. The van der Waals surface area contributed by atoms with Gasteiger partial charge in [0.2, 0.25) is 0 Å². The van der Waals surface area contributed by atoms with E-state index in [1.54, 1.807) is 7.11 Å². The molecular weight excluding hydrogens is 238 g/mol. The molecule has 3 nitrogen and oxygen atoms in total. The van der Waals surface area contributed by atoms with Crippen molar-refractivity contribution in [2.45, 2.75) is 38.8 Å². The van der Waals surface area contributed by atoms with Gasteiger partial charge in [-0.2, -0.15) is 0 Å². The van der Waals surface area contributed by atoms with Crippen LogP contribution >= 0.6 is 0 Å². The van der Waals surface area contributed by atoms with Crippen LogP contribution in [0.1, 0.15) is 43.4 Å². The molecule has 1 fully saturated rings. The van der Waals surface area contributed by atoms with Crippen molar-refractivity contribution in [3.63, 3.8) is 0 Å². The number of hydrogen-bond acceptors (Lipinski definition) is 3. The first-order valence-corrected chi connectivity index (χ1v) is 7.16. The predicted molar refractivity (Wildman–Crippen MR) is 77.5 cm³/mol. The maximum atomic E-state index is 5.78. The fraction of sp³-hybridized carbons (Fsp3) is 0.625. The largest absolute Gasteiger partial charge is 0.496 e. The van der Waals surface area contributed by atoms with Gasteiger partial charge in [0.1, 0.15) is 5.75 Å². The number of methoxy groups -OCH3 is 1. The molecular formula is C16H25NO2. The zero-order chi connectivity index (χ0) is 13.7. The summed E-state index contributed by atoms with van der Waals surface area (Å²) in [6, 6.07) is 6.66. The average Bonchev–Trinajstić information content (AvgIpc) is 3.26. The molecule has 106 valence electrons. The van der Waals surface area contributed by atoms with Crippen LogP contribution in [-0.2, 0) is 11.3 Å². The van der Waals surface area contributed by atoms with Gasteiger partial charge < -0.3 is 14.8 Å². The lowest BCUT2D eigenvalue weighted by molar-refractivity contribution is 0.113. The highest BCUT2D eigenvalue weighted by Gasteiger charge is 2.20. The van der Waals surface area contributed by atoms with E-state index in [9.17, 15) is 0 Å². The number of benzene rings is 1. The topological polar surface area (TPSA) is 30.5 Å². The van der Waals surface area contributed by atoms with Crippen LogP contribution in [0.15, 0.2) is 18.2 Å². The van der Waals surface area contributed by atoms with Crippen LogP contribution in [0.25, 0.3) is 0 Å². The van der Waals surface area contributed by atoms with Gasteiger partial charge in [-0.25, -0.2) is 0 Å². The summed E-state index contributed by atoms with van der Waals surface area (Å²) in [5, 5.41) is 3.25. The maximum absolute atomic E-state index is 5.78. The second-order valence-corrected chi connectivity index (χ2v) is 5.37. The fourth-order valence-electron chi connectivity index (χ4n) is 2.19. The van der Waals surface area contributed by atoms with Gasteiger partial charge in [0.15, 0.2) is 0 Å². The molecule has 1 aliphatic rings. The SMILES string of the molecule is CNC(C)c1ccc(OC)c(COCCC2CC2)c1. The van der Waals surface area contributed by atoms with Gasteiger partial charge in [-0.05, 0) is 44.0 Å². The van der Waals surface area contributed by atoms with E-state index in [0.29, 0.717) is 12.6 Å². The Kier molecular flexibility index (Phi) is 5.23. The molecule has 0 spiro atoms. The molecule has 1 atom stereocenters. The lowest BCUT2D eigenvalue weighted by Gasteiger charge is -2.15. The van der Waals surface area contributed by atoms with Crippen LogP contribution < -0.4 is 10.1 Å². The van der Waals surface area contributed by atoms with E-state index in [0.717, 1.165) is 23.8 Å². The molecule has 0 aliphatic heterocycles. The van der Waals surface area contributed by atoms with E-state index < -0.39 is 0 Å². The smallest absolute Gasteiger partial charge is 0.124 e. The summed E-state index contributed by atoms with van der Waals surface area (Å²) in [6.45, 7) is 3.65. The third kappa shape index (κ3) is 4.22. The van der Waals surface area contributed by atoms with Crippen LogP contribution in [0.3, 0.4) is 0 Å². The summed E-state index contributed by atoms with van der Waals surface area (Å²) in [6.07, 6.45) is 3.98. The normalized spacial score (nSPS) is 16.4. The van der Waals surface area contributed by atoms with Crippen molar-refractivity contribution in [3.8, 4) is 5.75 Å². The van der Waals surface area contributed by atoms with Gasteiger partial charge in [-0.1, -0.05) is 18.9 Å². The molecule has 0 radical (unpaired) electrons. The Morgan fingerprint density at radius 2 is 2.16 bits per heavy atom. The molecule has 1 N–H and O–H groups in total. The highest BCUT2D eigenvalue weighted by molar-refractivity contribution is 5.38. The summed E-state index contributed by atoms with van der Waals surface area (Å²) in [5.74, 6) is 1.84. The molecule has 1 aromatic carbocycles. The molecule has 1 unspecified atom stereocenters. The minimum absolute atomic E-state index is 0.344. The van der Waals surface area contributed by atoms with Crippen molar-refractivity contribution in [2.24, 2.45) is 5.92 Å². The molecule has 0 bridgehead atoms. The van der Waals surface area contributed by atoms with Gasteiger partial charge in [-0.15, -0.1) is 0 Å². The highest BCUT2D eigenvalue weighted by Crippen LogP contribution is 2.32. The lowest BCUT2D eigenvalue weighted by Crippen LogP contribution is -2.12. The van der Waals surface area contributed by atoms with Crippen LogP contribution in [0.2, 0.25) is 0 Å². The second kappa shape index (κ2) is 6.92. The minimum Gasteiger partial charge on any atom is -0.496 e. The number of rotatable bonds is 8. The van der Waals surface area contributed by atoms with Crippen molar-refractivity contribution >= 4 is 0 Å². The van der Waals surface area contributed by atoms with Crippen LogP contribution in [0.5, 0.6) is 5.75 Å². The van der Waals surface area contributed by atoms with Crippen molar-refractivity contribution in [2.75, 3.05) is 20.8 Å². The van der Waals surface area contributed by atoms with Gasteiger partial charge >= 0.3 is 0 Å². The van der Waals surface area contributed by atoms with Crippen LogP contribution in [0, 0.1) is 5.92 Å². The Hall–Kier alpha value is -1.06. The van der Waals surface area contributed by atoms with Crippen LogP contribution in [-0.4, -0.2) is 20.8 Å². The third-order valence-electron chi connectivity index (χ3n) is 3.86. The quantitative estimate of drug-likeness (QED) is 0.730. The van der Waals surface area contributed by atoms with Gasteiger partial charge in [-0.3, -0.25) is 0 Å². The van der Waals surface area contributed by atoms with Crippen molar-refractivity contribution in [1.29, 1.82) is 0 Å². The highest BCUT2D eigenvalue weighted by atomic mass is 16.5. The van der Waals surface area contributed by atoms with Crippen molar-refractivity contribution < 1.29 is 9.47 Å². The van der Waals surface area contributed by atoms with Gasteiger partial charge in [0.05, 0.1) is 13.7 Å². The van der Waals surface area contributed by atoms with Crippen molar-refractivity contribution in [3.05, 3.63) is 29.3 Å². The number of ether oxygens (including phenoxy) is 2. The first-order chi connectivity index (χ1) is 9.24. The third-order valence-corrected chi connectivity index (χ3v) is 3.86. The number of hydrogen-bond donors (Lipinski definition) is 1. The van der Waals surface area contributed by atoms with Crippen molar-refractivity contribution in [1.82, 2.24) is 5.32 Å². The summed E-state index contributed by atoms with van der Waals surface area (Å²) in [5.41, 5.74) is 2.40. The maximum Gasteiger partial charge on any atom is 0.124 e. The van der Waals surface area contributed by atoms with Gasteiger partial charge in [0.25, 0.3) is 0 Å². The summed E-state index contributed by atoms with van der Waals surface area (Å²) in [4.78, 5) is 0. The van der Waals surface area contributed by atoms with E-state index >= 15 is 0 Å². The molecule has 0 aromatic heterocycles. The monoisotopic (exact) mass is 263 g/mol. The average molecular weight is 263 g/mol. The lowest BCUT2D eigenvalue weighted by atomic mass is 10.0. The Bertz CT molecular complexity index is 402. The van der Waals surface area contributed by atoms with E-state index in [1.807, 2.05) is 13.1 Å². The molecule has 1 aromatic rings. The second-order valence-electron chi connectivity index (χ2n) is 5.37. The summed E-state index contributed by atoms with van der Waals surface area (Å²) >= 11 is 0. The van der Waals surface area contributed by atoms with Crippen LogP contribution in [0.4, 0.5) is 0 Å². The first kappa shape index (κ1) is 14.4. The Morgan fingerprint density at radius 1 is 1.37 bits per heavy atom. The molecule has 0 heterocycles. The van der Waals surface area contributed by atoms with E-state index in [1.165, 1.54) is 24.8 Å². The molecule has 1 aliphatic carbocycles. The van der Waals surface area contributed by atoms with Gasteiger partial charge in [0, 0.05) is 18.2 Å². The molecule has 0 amide bonds. The van der Waals surface area contributed by atoms with E-state index in [4.69, 9.17) is 9.47 Å². The first-order valence-electron chi connectivity index (χ1n) is 7.16. The Balaban J connectivity index is 1.94. The summed E-state index contributed by atoms with van der Waals surface area (Å²) in [7, 11) is 3.69. The molecule has 3 heteroatoms. The fourth-order valence-corrected chi connectivity index (χ4v) is 2.19. The Morgan fingerprint density at radius 3 is 2.79 bits per heavy atom. The molecule has 2 rings (SSSR count). The van der Waals surface area contributed by atoms with E-state index in [2.05, 4.69) is 24.4 Å². The zero-order valence-electron chi connectivity index (χ0n) is 12.2. The van der Waals surface area contributed by atoms with E-state index in [-0.39, 0.29) is 0 Å². The molecule has 19 heavy (non-hydrogen) atoms. The standard InChI is InChI=1S/C16H25NO2/c1-12(17-2)14-6-7-16(18-3)15(10-14)11-19-9-8-13-4-5-13/h6-7,10,12-13,17H,4-5,8-9,11H2,1-3H3. The number of nitrogens with one attached hydrogen (secondary N) is 1. The predicted octanol–water partition coefficient (Wildman–Crippen LogP) is 3.29. The minimum atomic E-state index is 0.344. The Labute approximate surface area is 116 Å².